The van der Waals surface area contributed by atoms with Crippen LogP contribution < -0.4 is 0 Å². The molecule has 6 nitrogen and oxygen atoms in total. The summed E-state index contributed by atoms with van der Waals surface area (Å²) in [6, 6.07) is 0. The van der Waals surface area contributed by atoms with Crippen LogP contribution in [0.4, 0.5) is 0 Å². The molecule has 4 rings (SSSR count). The van der Waals surface area contributed by atoms with Gasteiger partial charge in [-0.15, -0.1) is 0 Å². The predicted molar refractivity (Wildman–Crippen MR) is 117 cm³/mol. The summed E-state index contributed by atoms with van der Waals surface area (Å²) < 4.78 is 0. The number of oxime groups is 1. The van der Waals surface area contributed by atoms with Crippen LogP contribution in [0.25, 0.3) is 0 Å². The molecule has 0 heterocycles. The number of hydrogen-bond donors (Lipinski definition) is 4. The van der Waals surface area contributed by atoms with E-state index in [1.165, 1.54) is 19.4 Å². The molecular formula is C24H39NO5. The molecule has 4 aliphatic rings. The van der Waals surface area contributed by atoms with Crippen molar-refractivity contribution in [1.29, 1.82) is 0 Å². The Morgan fingerprint density at radius 1 is 1.20 bits per heavy atom. The first-order chi connectivity index (χ1) is 14.0. The summed E-state index contributed by atoms with van der Waals surface area (Å²) in [5.41, 5.74) is 1.54. The van der Waals surface area contributed by atoms with Crippen molar-refractivity contribution in [2.75, 3.05) is 7.11 Å². The van der Waals surface area contributed by atoms with E-state index in [0.29, 0.717) is 29.9 Å². The van der Waals surface area contributed by atoms with E-state index in [1.807, 2.05) is 12.2 Å². The van der Waals surface area contributed by atoms with Crippen LogP contribution in [-0.4, -0.2) is 51.3 Å². The number of aliphatic hydroxyl groups is 3. The second kappa shape index (κ2) is 9.33. The number of allylic oxidation sites excluding steroid dienone is 4. The molecule has 8 atom stereocenters. The van der Waals surface area contributed by atoms with E-state index in [9.17, 15) is 15.0 Å². The largest absolute Gasteiger partial charge is 0.410 e. The van der Waals surface area contributed by atoms with E-state index in [-0.39, 0.29) is 28.6 Å². The van der Waals surface area contributed by atoms with E-state index in [0.717, 1.165) is 26.4 Å². The first-order valence-corrected chi connectivity index (χ1v) is 10.9. The van der Waals surface area contributed by atoms with Gasteiger partial charge >= 0.3 is 0 Å². The minimum absolute atomic E-state index is 0.159. The van der Waals surface area contributed by atoms with Gasteiger partial charge in [0.2, 0.25) is 0 Å². The molecule has 3 saturated carbocycles. The smallest absolute Gasteiger partial charge is 0.126 e. The highest BCUT2D eigenvalue weighted by Crippen LogP contribution is 2.65. The van der Waals surface area contributed by atoms with Crippen LogP contribution >= 0.6 is 0 Å². The van der Waals surface area contributed by atoms with Crippen LogP contribution in [0.5, 0.6) is 0 Å². The van der Waals surface area contributed by atoms with E-state index < -0.39 is 6.10 Å². The summed E-state index contributed by atoms with van der Waals surface area (Å²) in [7, 11) is 1.00. The molecular weight excluding hydrogens is 382 g/mol. The summed E-state index contributed by atoms with van der Waals surface area (Å²) in [4.78, 5) is 9.44. The summed E-state index contributed by atoms with van der Waals surface area (Å²) in [6.07, 6.45) is 9.06. The summed E-state index contributed by atoms with van der Waals surface area (Å²) in [6.45, 7) is 9.61. The molecule has 3 unspecified atom stereocenters. The maximum Gasteiger partial charge on any atom is 0.126 e. The molecule has 0 spiro atoms. The van der Waals surface area contributed by atoms with Crippen molar-refractivity contribution in [3.8, 4) is 0 Å². The molecule has 0 amide bonds. The number of hydrogen-bond acceptors (Lipinski definition) is 6. The van der Waals surface area contributed by atoms with Gasteiger partial charge in [0.1, 0.15) is 11.5 Å². The third-order valence-corrected chi connectivity index (χ3v) is 7.90. The first kappa shape index (κ1) is 24.8. The first-order valence-electron chi connectivity index (χ1n) is 10.9. The monoisotopic (exact) mass is 421 g/mol. The van der Waals surface area contributed by atoms with Crippen molar-refractivity contribution < 1.29 is 25.3 Å². The minimum atomic E-state index is -0.401. The lowest BCUT2D eigenvalue weighted by atomic mass is 9.47. The van der Waals surface area contributed by atoms with Crippen LogP contribution in [0.2, 0.25) is 0 Å². The van der Waals surface area contributed by atoms with Crippen molar-refractivity contribution >= 4 is 11.5 Å². The fraction of sp³-hybridized carbons (Fsp3) is 0.750. The van der Waals surface area contributed by atoms with Gasteiger partial charge in [-0.3, -0.25) is 0 Å². The Morgan fingerprint density at radius 2 is 1.80 bits per heavy atom. The molecule has 0 aliphatic heterocycles. The molecule has 0 aromatic carbocycles. The normalized spacial score (nSPS) is 45.0. The Balaban J connectivity index is 0.000000481. The fourth-order valence-electron chi connectivity index (χ4n) is 6.74. The Labute approximate surface area is 180 Å². The number of aliphatic hydroxyl groups excluding tert-OH is 3. The topological polar surface area (TPSA) is 110 Å². The number of ketones is 1. The molecule has 6 heteroatoms. The highest BCUT2D eigenvalue weighted by Gasteiger charge is 2.62. The SMILES string of the molecule is CC(C)=O.CO.C[C@H]1CC2[C@@H]3CCC4=C/C(=N/O)C=C[C@]4(C)C3C(O)C[C@]2(C)[C@@H]1O. The minimum Gasteiger partial charge on any atom is -0.410 e. The van der Waals surface area contributed by atoms with Crippen LogP contribution in [-0.2, 0) is 4.79 Å². The zero-order valence-corrected chi connectivity index (χ0v) is 19.2. The van der Waals surface area contributed by atoms with Crippen molar-refractivity contribution in [2.24, 2.45) is 39.7 Å². The van der Waals surface area contributed by atoms with Gasteiger partial charge in [-0.1, -0.05) is 37.6 Å². The summed E-state index contributed by atoms with van der Waals surface area (Å²) >= 11 is 0. The van der Waals surface area contributed by atoms with Gasteiger partial charge < -0.3 is 25.3 Å². The Hall–Kier alpha value is -1.50. The van der Waals surface area contributed by atoms with Gasteiger partial charge in [-0.25, -0.2) is 0 Å². The fourth-order valence-corrected chi connectivity index (χ4v) is 6.74. The van der Waals surface area contributed by atoms with Crippen molar-refractivity contribution in [2.45, 2.75) is 72.5 Å². The van der Waals surface area contributed by atoms with E-state index in [4.69, 9.17) is 10.3 Å². The number of fused-ring (bicyclic) bond motifs is 5. The standard InChI is InChI=1S/C20H29NO3.C3H6O.CH4O/c1-11-8-15-14-5-4-12-9-13(21-24)6-7-19(12,2)17(14)16(22)10-20(15,3)18(11)23;1-3(2)4;1-2/h6-7,9,11,14-18,22-24H,4-5,8,10H2,1-3H3;1-2H3;2H,1H3/b21-13+;;/t11-,14-,15?,16?,17?,18+,19-,20-;;/m0../s1. The van der Waals surface area contributed by atoms with E-state index in [2.05, 4.69) is 32.0 Å². The number of carbonyl (C=O) groups excluding carboxylic acids is 1. The highest BCUT2D eigenvalue weighted by molar-refractivity contribution is 6.05. The van der Waals surface area contributed by atoms with Crippen LogP contribution in [0.1, 0.15) is 60.3 Å². The van der Waals surface area contributed by atoms with Gasteiger partial charge in [-0.05, 0) is 74.9 Å². The second-order valence-corrected chi connectivity index (χ2v) is 9.99. The van der Waals surface area contributed by atoms with Gasteiger partial charge in [0.25, 0.3) is 0 Å². The lowest BCUT2D eigenvalue weighted by Crippen LogP contribution is -2.56. The third kappa shape index (κ3) is 4.14. The van der Waals surface area contributed by atoms with Crippen LogP contribution in [0.3, 0.4) is 0 Å². The molecule has 3 fully saturated rings. The molecule has 30 heavy (non-hydrogen) atoms. The average molecular weight is 422 g/mol. The summed E-state index contributed by atoms with van der Waals surface area (Å²) in [5.74, 6) is 1.59. The lowest BCUT2D eigenvalue weighted by molar-refractivity contribution is -0.130. The number of rotatable bonds is 0. The Bertz CT molecular complexity index is 725. The number of Topliss-reactive ketones (excluding diaryl/α,β-unsaturated/α-hetero) is 1. The Morgan fingerprint density at radius 3 is 2.37 bits per heavy atom. The lowest BCUT2D eigenvalue weighted by Gasteiger charge is -2.58. The third-order valence-electron chi connectivity index (χ3n) is 7.90. The quantitative estimate of drug-likeness (QED) is 0.354. The maximum absolute atomic E-state index is 11.1. The molecule has 0 bridgehead atoms. The van der Waals surface area contributed by atoms with Gasteiger partial charge in [0.15, 0.2) is 0 Å². The molecule has 0 aromatic rings. The number of nitrogens with zero attached hydrogens (tertiary/aromatic N) is 1. The van der Waals surface area contributed by atoms with Crippen molar-refractivity contribution in [3.63, 3.8) is 0 Å². The zero-order valence-electron chi connectivity index (χ0n) is 19.2. The second-order valence-electron chi connectivity index (χ2n) is 9.99. The number of carbonyl (C=O) groups is 1. The van der Waals surface area contributed by atoms with E-state index in [1.54, 1.807) is 0 Å². The van der Waals surface area contributed by atoms with Gasteiger partial charge in [0, 0.05) is 18.4 Å². The van der Waals surface area contributed by atoms with Crippen LogP contribution in [0, 0.1) is 34.5 Å². The van der Waals surface area contributed by atoms with Crippen molar-refractivity contribution in [3.05, 3.63) is 23.8 Å². The molecule has 4 N–H and O–H groups in total. The van der Waals surface area contributed by atoms with Gasteiger partial charge in [-0.2, -0.15) is 0 Å². The molecule has 0 saturated heterocycles. The maximum atomic E-state index is 11.1. The molecule has 170 valence electrons. The molecule has 0 radical (unpaired) electrons. The highest BCUT2D eigenvalue weighted by atomic mass is 16.4. The van der Waals surface area contributed by atoms with Crippen molar-refractivity contribution in [1.82, 2.24) is 0 Å². The van der Waals surface area contributed by atoms with E-state index >= 15 is 0 Å². The van der Waals surface area contributed by atoms with Crippen LogP contribution in [0.15, 0.2) is 29.0 Å². The Kier molecular flexibility index (Phi) is 7.70. The average Bonchev–Trinajstić information content (AvgIpc) is 2.91. The predicted octanol–water partition coefficient (Wildman–Crippen LogP) is 3.34. The summed E-state index contributed by atoms with van der Waals surface area (Å²) in [5, 5.41) is 41.3. The zero-order chi connectivity index (χ0) is 22.9. The molecule has 0 aromatic heterocycles. The molecule has 4 aliphatic carbocycles. The van der Waals surface area contributed by atoms with Gasteiger partial charge in [0.05, 0.1) is 12.2 Å².